The van der Waals surface area contributed by atoms with Gasteiger partial charge >= 0.3 is 5.97 Å². The molecule has 0 radical (unpaired) electrons. The predicted molar refractivity (Wildman–Crippen MR) is 157 cm³/mol. The normalized spacial score (nSPS) is 11.3. The molecule has 1 aromatic heterocycles. The van der Waals surface area contributed by atoms with E-state index in [1.54, 1.807) is 30.3 Å². The number of halogens is 1. The van der Waals surface area contributed by atoms with E-state index in [-0.39, 0.29) is 40.0 Å². The Bertz CT molecular complexity index is 2070. The maximum Gasteiger partial charge on any atom is 0.336 e. The number of aromatic hydroxyl groups is 1. The molecule has 4 aromatic rings. The molecule has 0 atom stereocenters. The molecule has 8 nitrogen and oxygen atoms in total. The Labute approximate surface area is 237 Å². The van der Waals surface area contributed by atoms with Gasteiger partial charge in [0.15, 0.2) is 5.78 Å². The number of aromatic nitrogens is 1. The zero-order valence-corrected chi connectivity index (χ0v) is 22.3. The quantitative estimate of drug-likeness (QED) is 0.146. The molecule has 0 saturated heterocycles. The van der Waals surface area contributed by atoms with Crippen molar-refractivity contribution in [1.29, 1.82) is 0 Å². The number of nitrogens with zero attached hydrogens (tertiary/aromatic N) is 1. The number of anilines is 1. The first-order valence-electron chi connectivity index (χ1n) is 12.6. The molecule has 41 heavy (non-hydrogen) atoms. The number of para-hydroxylation sites is 1. The topological polar surface area (TPSA) is 130 Å². The summed E-state index contributed by atoms with van der Waals surface area (Å²) >= 11 is 6.21. The molecule has 202 valence electrons. The van der Waals surface area contributed by atoms with Gasteiger partial charge in [-0.2, -0.15) is 0 Å². The lowest BCUT2D eigenvalue weighted by Crippen LogP contribution is -2.06. The Kier molecular flexibility index (Phi) is 6.40. The molecule has 0 bridgehead atoms. The predicted octanol–water partition coefficient (Wildman–Crippen LogP) is 6.98. The summed E-state index contributed by atoms with van der Waals surface area (Å²) in [6, 6.07) is 21.4. The fourth-order valence-electron chi connectivity index (χ4n) is 5.02. The third-order valence-electron chi connectivity index (χ3n) is 6.98. The highest BCUT2D eigenvalue weighted by Gasteiger charge is 2.24. The minimum absolute atomic E-state index is 0.0323. The first-order chi connectivity index (χ1) is 19.7. The summed E-state index contributed by atoms with van der Waals surface area (Å²) in [5.74, 6) is -1.17. The van der Waals surface area contributed by atoms with Crippen molar-refractivity contribution in [3.05, 3.63) is 111 Å². The van der Waals surface area contributed by atoms with Gasteiger partial charge in [0.25, 0.3) is 0 Å². The third-order valence-corrected chi connectivity index (χ3v) is 7.28. The van der Waals surface area contributed by atoms with E-state index in [9.17, 15) is 24.6 Å². The van der Waals surface area contributed by atoms with Crippen molar-refractivity contribution >= 4 is 50.9 Å². The summed E-state index contributed by atoms with van der Waals surface area (Å²) < 4.78 is 6.22. The van der Waals surface area contributed by atoms with Gasteiger partial charge in [0.05, 0.1) is 27.4 Å². The summed E-state index contributed by atoms with van der Waals surface area (Å²) in [6.07, 6.45) is 0. The molecule has 6 rings (SSSR count). The number of carboxylic acids is 1. The standard InChI is InChI=1S/C32H21ClN2O6/c1-16(36)24-11-9-17-5-4-8-25(30(17)35-24)34-15-22-26(37)12-10-20-29(18-6-2-3-7-19(18)32(39)40)21-13-23(33)27(38)14-28(21)41-31(20)22/h2-14,34,37H,15H2,1H3,(H,39,40). The van der Waals surface area contributed by atoms with Crippen LogP contribution < -0.4 is 10.7 Å². The first kappa shape index (κ1) is 26.0. The van der Waals surface area contributed by atoms with Crippen molar-refractivity contribution in [3.8, 4) is 28.2 Å². The van der Waals surface area contributed by atoms with Crippen LogP contribution in [0.25, 0.3) is 44.3 Å². The van der Waals surface area contributed by atoms with Gasteiger partial charge in [-0.3, -0.25) is 9.59 Å². The maximum absolute atomic E-state index is 12.5. The van der Waals surface area contributed by atoms with Crippen molar-refractivity contribution < 1.29 is 24.2 Å². The molecular formula is C32H21ClN2O6. The van der Waals surface area contributed by atoms with E-state index in [4.69, 9.17) is 16.0 Å². The van der Waals surface area contributed by atoms with Crippen LogP contribution in [0.5, 0.6) is 5.75 Å². The lowest BCUT2D eigenvalue weighted by atomic mass is 9.90. The number of hydrogen-bond acceptors (Lipinski definition) is 7. The molecule has 0 saturated carbocycles. The second-order valence-electron chi connectivity index (χ2n) is 9.53. The van der Waals surface area contributed by atoms with Crippen LogP contribution in [0, 0.1) is 0 Å². The first-order valence-corrected chi connectivity index (χ1v) is 13.0. The van der Waals surface area contributed by atoms with E-state index >= 15 is 0 Å². The summed E-state index contributed by atoms with van der Waals surface area (Å²) in [5, 5.41) is 25.5. The molecule has 2 heterocycles. The average molecular weight is 565 g/mol. The van der Waals surface area contributed by atoms with Crippen LogP contribution in [0.4, 0.5) is 5.69 Å². The number of fused-ring (bicyclic) bond motifs is 3. The third kappa shape index (κ3) is 4.54. The van der Waals surface area contributed by atoms with Gasteiger partial charge in [0.2, 0.25) is 5.43 Å². The largest absolute Gasteiger partial charge is 0.507 e. The molecule has 0 fully saturated rings. The minimum atomic E-state index is -1.12. The Morgan fingerprint density at radius 2 is 1.78 bits per heavy atom. The molecule has 9 heteroatoms. The van der Waals surface area contributed by atoms with Crippen molar-refractivity contribution in [2.45, 2.75) is 13.5 Å². The number of aromatic carboxylic acids is 1. The number of hydrogen-bond donors (Lipinski definition) is 3. The number of carbonyl (C=O) groups is 2. The number of rotatable bonds is 6. The molecule has 0 unspecified atom stereocenters. The van der Waals surface area contributed by atoms with Crippen LogP contribution in [0.2, 0.25) is 5.02 Å². The van der Waals surface area contributed by atoms with Gasteiger partial charge in [-0.15, -0.1) is 0 Å². The Morgan fingerprint density at radius 3 is 2.56 bits per heavy atom. The lowest BCUT2D eigenvalue weighted by molar-refractivity contribution is 0.0697. The molecule has 2 aliphatic rings. The zero-order valence-electron chi connectivity index (χ0n) is 21.6. The highest BCUT2D eigenvalue weighted by molar-refractivity contribution is 6.31. The van der Waals surface area contributed by atoms with E-state index < -0.39 is 11.4 Å². The van der Waals surface area contributed by atoms with Gasteiger partial charge in [-0.25, -0.2) is 9.78 Å². The summed E-state index contributed by atoms with van der Waals surface area (Å²) in [4.78, 5) is 41.1. The van der Waals surface area contributed by atoms with Crippen molar-refractivity contribution in [2.75, 3.05) is 5.32 Å². The summed E-state index contributed by atoms with van der Waals surface area (Å²) in [7, 11) is 0. The SMILES string of the molecule is CC(=O)c1ccc2cccc(NCc3c(O)ccc4c(-c5ccccc5C(=O)O)c5cc(Cl)c(=O)cc-5oc34)c2n1. The second kappa shape index (κ2) is 10.1. The number of carbonyl (C=O) groups excluding carboxylic acids is 1. The number of phenolic OH excluding ortho intramolecular Hbond substituents is 1. The van der Waals surface area contributed by atoms with Crippen LogP contribution in [0.1, 0.15) is 33.3 Å². The molecule has 3 N–H and O–H groups in total. The molecule has 1 aliphatic carbocycles. The van der Waals surface area contributed by atoms with Crippen LogP contribution in [-0.4, -0.2) is 26.9 Å². The number of carboxylic acid groups (broad SMARTS) is 1. The molecular weight excluding hydrogens is 544 g/mol. The lowest BCUT2D eigenvalue weighted by Gasteiger charge is -2.19. The Balaban J connectivity index is 1.58. The molecule has 0 spiro atoms. The van der Waals surface area contributed by atoms with E-state index in [0.29, 0.717) is 44.5 Å². The number of phenols is 1. The van der Waals surface area contributed by atoms with Crippen LogP contribution >= 0.6 is 11.6 Å². The number of ketones is 1. The Hall–Kier alpha value is -5.21. The Morgan fingerprint density at radius 1 is 0.976 bits per heavy atom. The van der Waals surface area contributed by atoms with Crippen molar-refractivity contribution in [3.63, 3.8) is 0 Å². The molecule has 1 aliphatic heterocycles. The smallest absolute Gasteiger partial charge is 0.336 e. The van der Waals surface area contributed by atoms with Crippen molar-refractivity contribution in [1.82, 2.24) is 4.98 Å². The minimum Gasteiger partial charge on any atom is -0.507 e. The van der Waals surface area contributed by atoms with Gasteiger partial charge in [-0.05, 0) is 42.0 Å². The van der Waals surface area contributed by atoms with Crippen LogP contribution in [0.3, 0.4) is 0 Å². The zero-order chi connectivity index (χ0) is 28.8. The second-order valence-corrected chi connectivity index (χ2v) is 9.94. The number of nitrogens with one attached hydrogen (secondary N) is 1. The highest BCUT2D eigenvalue weighted by atomic mass is 35.5. The number of pyridine rings is 1. The fraction of sp³-hybridized carbons (Fsp3) is 0.0625. The van der Waals surface area contributed by atoms with E-state index in [2.05, 4.69) is 10.3 Å². The number of benzene rings is 4. The monoisotopic (exact) mass is 564 g/mol. The summed E-state index contributed by atoms with van der Waals surface area (Å²) in [6.45, 7) is 1.53. The highest BCUT2D eigenvalue weighted by Crippen LogP contribution is 2.44. The van der Waals surface area contributed by atoms with Crippen LogP contribution in [-0.2, 0) is 6.54 Å². The van der Waals surface area contributed by atoms with Crippen molar-refractivity contribution in [2.24, 2.45) is 0 Å². The molecule has 0 amide bonds. The van der Waals surface area contributed by atoms with E-state index in [1.807, 2.05) is 24.3 Å². The van der Waals surface area contributed by atoms with E-state index in [1.165, 1.54) is 31.2 Å². The number of Topliss-reactive ketones (excluding diaryl/α,β-unsaturated/α-hetero) is 1. The summed E-state index contributed by atoms with van der Waals surface area (Å²) in [5.41, 5.74) is 3.14. The molecule has 3 aromatic carbocycles. The van der Waals surface area contributed by atoms with E-state index in [0.717, 1.165) is 5.39 Å². The van der Waals surface area contributed by atoms with Gasteiger partial charge in [-0.1, -0.05) is 48.0 Å². The average Bonchev–Trinajstić information content (AvgIpc) is 2.96. The van der Waals surface area contributed by atoms with Gasteiger partial charge < -0.3 is 19.9 Å². The van der Waals surface area contributed by atoms with Gasteiger partial charge in [0.1, 0.15) is 22.8 Å². The fourth-order valence-corrected chi connectivity index (χ4v) is 5.18. The maximum atomic E-state index is 12.5. The van der Waals surface area contributed by atoms with Gasteiger partial charge in [0, 0.05) is 41.4 Å². The van der Waals surface area contributed by atoms with Crippen LogP contribution in [0.15, 0.2) is 88.1 Å².